The number of carbonyl (C=O) groups excluding carboxylic acids is 1. The van der Waals surface area contributed by atoms with E-state index in [4.69, 9.17) is 17.3 Å². The van der Waals surface area contributed by atoms with Crippen molar-refractivity contribution in [2.45, 2.75) is 31.2 Å². The number of H-pyrrole nitrogens is 1. The summed E-state index contributed by atoms with van der Waals surface area (Å²) in [5.74, 6) is 0.0350. The quantitative estimate of drug-likeness (QED) is 0.540. The molecule has 0 radical (unpaired) electrons. The van der Waals surface area contributed by atoms with Gasteiger partial charge in [0, 0.05) is 35.9 Å². The molecule has 9 heteroatoms. The van der Waals surface area contributed by atoms with Gasteiger partial charge in [-0.15, -0.1) is 0 Å². The van der Waals surface area contributed by atoms with Gasteiger partial charge in [-0.25, -0.2) is 14.4 Å². The van der Waals surface area contributed by atoms with E-state index >= 15 is 0 Å². The van der Waals surface area contributed by atoms with Gasteiger partial charge in [0.25, 0.3) is 0 Å². The maximum absolute atomic E-state index is 14.0. The van der Waals surface area contributed by atoms with Crippen molar-refractivity contribution in [3.63, 3.8) is 0 Å². The van der Waals surface area contributed by atoms with Crippen molar-refractivity contribution in [1.82, 2.24) is 15.0 Å². The Morgan fingerprint density at radius 2 is 2.10 bits per heavy atom. The SMILES string of the molecule is NC(=O)C(Nc1cc(F)cc(Cl)c1)(C1CC1)[C@@H]1CCCN(c2ncnc3[nH]ccc23)C1. The summed E-state index contributed by atoms with van der Waals surface area (Å²) < 4.78 is 14.0. The topological polar surface area (TPSA) is 99.9 Å². The number of rotatable bonds is 6. The predicted molar refractivity (Wildman–Crippen MR) is 119 cm³/mol. The molecule has 2 aliphatic rings. The molecule has 2 fully saturated rings. The summed E-state index contributed by atoms with van der Waals surface area (Å²) in [6.45, 7) is 1.45. The van der Waals surface area contributed by atoms with Gasteiger partial charge >= 0.3 is 0 Å². The van der Waals surface area contributed by atoms with Gasteiger partial charge in [0.2, 0.25) is 5.91 Å². The Balaban J connectivity index is 1.50. The third kappa shape index (κ3) is 3.59. The van der Waals surface area contributed by atoms with Crippen LogP contribution in [0.2, 0.25) is 5.02 Å². The lowest BCUT2D eigenvalue weighted by molar-refractivity contribution is -0.125. The van der Waals surface area contributed by atoms with Crippen LogP contribution in [0, 0.1) is 17.7 Å². The molecule has 2 aromatic heterocycles. The number of nitrogens with one attached hydrogen (secondary N) is 2. The number of piperidine rings is 1. The van der Waals surface area contributed by atoms with Gasteiger partial charge < -0.3 is 20.9 Å². The molecule has 1 saturated carbocycles. The molecule has 1 aromatic carbocycles. The van der Waals surface area contributed by atoms with Gasteiger partial charge in [0.05, 0.1) is 5.39 Å². The molecular weight excluding hydrogens is 419 g/mol. The highest BCUT2D eigenvalue weighted by Crippen LogP contribution is 2.48. The maximum atomic E-state index is 14.0. The number of halogens is 2. The third-order valence-corrected chi connectivity index (χ3v) is 6.76. The molecule has 3 heterocycles. The normalized spacial score (nSPS) is 21.1. The average Bonchev–Trinajstić information content (AvgIpc) is 3.47. The minimum atomic E-state index is -0.972. The van der Waals surface area contributed by atoms with E-state index in [1.807, 2.05) is 12.3 Å². The third-order valence-electron chi connectivity index (χ3n) is 6.54. The van der Waals surface area contributed by atoms with E-state index in [0.717, 1.165) is 49.1 Å². The van der Waals surface area contributed by atoms with Gasteiger partial charge in [0.15, 0.2) is 0 Å². The standard InChI is InChI=1S/C22H24ClFN6O/c23-15-8-16(24)10-17(9-15)29-22(21(25)31,13-3-4-13)14-2-1-7-30(11-14)20-18-5-6-26-19(18)27-12-28-20/h5-6,8-10,12-14,29H,1-4,7,11H2,(H2,25,31)(H,26,27,28)/t14-,22?/m1/s1. The number of amides is 1. The smallest absolute Gasteiger partial charge is 0.243 e. The summed E-state index contributed by atoms with van der Waals surface area (Å²) in [6.07, 6.45) is 6.95. The minimum Gasteiger partial charge on any atom is -0.371 e. The van der Waals surface area contributed by atoms with Crippen LogP contribution in [0.4, 0.5) is 15.9 Å². The number of hydrogen-bond donors (Lipinski definition) is 3. The Morgan fingerprint density at radius 1 is 1.26 bits per heavy atom. The van der Waals surface area contributed by atoms with Crippen molar-refractivity contribution < 1.29 is 9.18 Å². The van der Waals surface area contributed by atoms with E-state index in [1.165, 1.54) is 12.1 Å². The minimum absolute atomic E-state index is 0.0581. The number of nitrogens with two attached hydrogens (primary N) is 1. The first-order valence-electron chi connectivity index (χ1n) is 10.5. The second-order valence-electron chi connectivity index (χ2n) is 8.51. The van der Waals surface area contributed by atoms with E-state index < -0.39 is 17.3 Å². The van der Waals surface area contributed by atoms with Crippen LogP contribution in [0.3, 0.4) is 0 Å². The van der Waals surface area contributed by atoms with Crippen LogP contribution in [0.25, 0.3) is 11.0 Å². The van der Waals surface area contributed by atoms with E-state index in [-0.39, 0.29) is 16.9 Å². The molecule has 31 heavy (non-hydrogen) atoms. The lowest BCUT2D eigenvalue weighted by atomic mass is 9.74. The molecule has 7 nitrogen and oxygen atoms in total. The Bertz CT molecular complexity index is 1110. The van der Waals surface area contributed by atoms with Crippen LogP contribution in [0.15, 0.2) is 36.8 Å². The van der Waals surface area contributed by atoms with E-state index in [0.29, 0.717) is 12.2 Å². The first kappa shape index (κ1) is 20.1. The highest BCUT2D eigenvalue weighted by molar-refractivity contribution is 6.30. The Morgan fingerprint density at radius 3 is 2.84 bits per heavy atom. The second kappa shape index (κ2) is 7.67. The van der Waals surface area contributed by atoms with Gasteiger partial charge in [-0.2, -0.15) is 0 Å². The van der Waals surface area contributed by atoms with Crippen molar-refractivity contribution in [3.8, 4) is 0 Å². The van der Waals surface area contributed by atoms with E-state index in [2.05, 4.69) is 25.2 Å². The van der Waals surface area contributed by atoms with Crippen LogP contribution in [0.1, 0.15) is 25.7 Å². The number of aromatic amines is 1. The zero-order valence-corrected chi connectivity index (χ0v) is 17.7. The molecule has 4 N–H and O–H groups in total. The van der Waals surface area contributed by atoms with Crippen molar-refractivity contribution in [2.24, 2.45) is 17.6 Å². The Labute approximate surface area is 184 Å². The average molecular weight is 443 g/mol. The second-order valence-corrected chi connectivity index (χ2v) is 8.95. The lowest BCUT2D eigenvalue weighted by Crippen LogP contribution is -2.61. The van der Waals surface area contributed by atoms with Crippen LogP contribution in [-0.2, 0) is 4.79 Å². The van der Waals surface area contributed by atoms with Crippen LogP contribution < -0.4 is 16.0 Å². The summed E-state index contributed by atoms with van der Waals surface area (Å²) >= 11 is 6.07. The molecule has 1 aliphatic carbocycles. The molecule has 1 saturated heterocycles. The summed E-state index contributed by atoms with van der Waals surface area (Å²) in [5.41, 5.74) is 6.33. The number of nitrogens with zero attached hydrogens (tertiary/aromatic N) is 3. The number of fused-ring (bicyclic) bond motifs is 1. The number of anilines is 2. The van der Waals surface area contributed by atoms with Crippen molar-refractivity contribution in [1.29, 1.82) is 0 Å². The van der Waals surface area contributed by atoms with Gasteiger partial charge in [-0.1, -0.05) is 11.6 Å². The first-order valence-corrected chi connectivity index (χ1v) is 10.9. The summed E-state index contributed by atoms with van der Waals surface area (Å²) in [7, 11) is 0. The summed E-state index contributed by atoms with van der Waals surface area (Å²) in [5, 5.41) is 4.57. The molecule has 2 atom stereocenters. The number of primary amides is 1. The predicted octanol–water partition coefficient (Wildman–Crippen LogP) is 3.71. The molecule has 162 valence electrons. The molecule has 1 aliphatic heterocycles. The van der Waals surface area contributed by atoms with Gasteiger partial charge in [-0.05, 0) is 55.9 Å². The zero-order chi connectivity index (χ0) is 21.6. The molecule has 1 amide bonds. The monoisotopic (exact) mass is 442 g/mol. The molecule has 0 bridgehead atoms. The van der Waals surface area contributed by atoms with Crippen LogP contribution in [-0.4, -0.2) is 39.5 Å². The number of carbonyl (C=O) groups is 1. The van der Waals surface area contributed by atoms with Crippen molar-refractivity contribution in [2.75, 3.05) is 23.3 Å². The molecular formula is C22H24ClFN6O. The number of aromatic nitrogens is 3. The molecule has 5 rings (SSSR count). The van der Waals surface area contributed by atoms with Gasteiger partial charge in [0.1, 0.15) is 29.1 Å². The molecule has 3 aromatic rings. The highest BCUT2D eigenvalue weighted by Gasteiger charge is 2.55. The van der Waals surface area contributed by atoms with E-state index in [9.17, 15) is 9.18 Å². The number of benzene rings is 1. The Hall–Kier alpha value is -2.87. The Kier molecular flexibility index (Phi) is 4.97. The fourth-order valence-electron chi connectivity index (χ4n) is 5.06. The zero-order valence-electron chi connectivity index (χ0n) is 16.9. The maximum Gasteiger partial charge on any atom is 0.243 e. The highest BCUT2D eigenvalue weighted by atomic mass is 35.5. The molecule has 1 unspecified atom stereocenters. The first-order chi connectivity index (χ1) is 15.0. The van der Waals surface area contributed by atoms with Crippen molar-refractivity contribution in [3.05, 3.63) is 47.6 Å². The number of hydrogen-bond acceptors (Lipinski definition) is 5. The fourth-order valence-corrected chi connectivity index (χ4v) is 5.28. The fraction of sp³-hybridized carbons (Fsp3) is 0.409. The summed E-state index contributed by atoms with van der Waals surface area (Å²) in [6, 6.07) is 6.21. The van der Waals surface area contributed by atoms with E-state index in [1.54, 1.807) is 12.4 Å². The van der Waals surface area contributed by atoms with Crippen molar-refractivity contribution >= 4 is 40.0 Å². The van der Waals surface area contributed by atoms with Crippen LogP contribution in [0.5, 0.6) is 0 Å². The lowest BCUT2D eigenvalue weighted by Gasteiger charge is -2.45. The summed E-state index contributed by atoms with van der Waals surface area (Å²) in [4.78, 5) is 27.1. The van der Waals surface area contributed by atoms with Gasteiger partial charge in [-0.3, -0.25) is 4.79 Å². The largest absolute Gasteiger partial charge is 0.371 e. The van der Waals surface area contributed by atoms with Crippen LogP contribution >= 0.6 is 11.6 Å². The molecule has 0 spiro atoms.